The zero-order valence-electron chi connectivity index (χ0n) is 8.47. The Kier molecular flexibility index (Phi) is 3.08. The Bertz CT molecular complexity index is 380. The van der Waals surface area contributed by atoms with Crippen LogP contribution in [0.2, 0.25) is 0 Å². The van der Waals surface area contributed by atoms with Crippen molar-refractivity contribution < 1.29 is 9.13 Å². The van der Waals surface area contributed by atoms with E-state index in [0.717, 1.165) is 0 Å². The number of nitrogens with zero attached hydrogens (tertiary/aromatic N) is 1. The molecule has 0 saturated carbocycles. The molecule has 0 saturated heterocycles. The molecule has 0 unspecified atom stereocenters. The molecular formula is C11H12FNO. The molecule has 3 heteroatoms. The number of nitriles is 1. The SMILES string of the molecule is COc1c(C#N)ccc(F)c1C(C)C. The second kappa shape index (κ2) is 4.10. The van der Waals surface area contributed by atoms with Crippen LogP contribution >= 0.6 is 0 Å². The van der Waals surface area contributed by atoms with Gasteiger partial charge in [0.1, 0.15) is 17.6 Å². The van der Waals surface area contributed by atoms with E-state index in [1.54, 1.807) is 0 Å². The van der Waals surface area contributed by atoms with E-state index in [2.05, 4.69) is 0 Å². The third kappa shape index (κ3) is 1.69. The number of rotatable bonds is 2. The second-order valence-electron chi connectivity index (χ2n) is 3.31. The van der Waals surface area contributed by atoms with Gasteiger partial charge in [0.25, 0.3) is 0 Å². The predicted octanol–water partition coefficient (Wildman–Crippen LogP) is 2.83. The maximum Gasteiger partial charge on any atom is 0.142 e. The Morgan fingerprint density at radius 3 is 2.50 bits per heavy atom. The van der Waals surface area contributed by atoms with E-state index < -0.39 is 0 Å². The van der Waals surface area contributed by atoms with Gasteiger partial charge in [0.15, 0.2) is 0 Å². The maximum absolute atomic E-state index is 13.4. The lowest BCUT2D eigenvalue weighted by atomic mass is 9.99. The molecule has 0 heterocycles. The predicted molar refractivity (Wildman–Crippen MR) is 51.8 cm³/mol. The van der Waals surface area contributed by atoms with Crippen molar-refractivity contribution in [2.45, 2.75) is 19.8 Å². The van der Waals surface area contributed by atoms with Gasteiger partial charge < -0.3 is 4.74 Å². The minimum absolute atomic E-state index is 0.00162. The summed E-state index contributed by atoms with van der Waals surface area (Å²) in [6, 6.07) is 4.71. The monoisotopic (exact) mass is 193 g/mol. The quantitative estimate of drug-likeness (QED) is 0.723. The van der Waals surface area contributed by atoms with Gasteiger partial charge in [-0.1, -0.05) is 13.8 Å². The number of hydrogen-bond donors (Lipinski definition) is 0. The molecule has 1 aromatic rings. The molecule has 2 nitrogen and oxygen atoms in total. The molecule has 1 rings (SSSR count). The fraction of sp³-hybridized carbons (Fsp3) is 0.364. The summed E-state index contributed by atoms with van der Waals surface area (Å²) in [5.74, 6) is 0.0246. The summed E-state index contributed by atoms with van der Waals surface area (Å²) in [5, 5.41) is 8.79. The standard InChI is InChI=1S/C11H12FNO/c1-7(2)10-9(12)5-4-8(6-13)11(10)14-3/h4-5,7H,1-3H3. The van der Waals surface area contributed by atoms with Crippen LogP contribution in [0.4, 0.5) is 4.39 Å². The average molecular weight is 193 g/mol. The van der Waals surface area contributed by atoms with Crippen LogP contribution in [-0.4, -0.2) is 7.11 Å². The van der Waals surface area contributed by atoms with Gasteiger partial charge >= 0.3 is 0 Å². The number of methoxy groups -OCH3 is 1. The molecule has 0 atom stereocenters. The van der Waals surface area contributed by atoms with Crippen LogP contribution in [0.25, 0.3) is 0 Å². The Labute approximate surface area is 82.9 Å². The second-order valence-corrected chi connectivity index (χ2v) is 3.31. The van der Waals surface area contributed by atoms with Crippen molar-refractivity contribution in [3.8, 4) is 11.8 Å². The number of ether oxygens (including phenoxy) is 1. The number of halogens is 1. The Morgan fingerprint density at radius 2 is 2.07 bits per heavy atom. The molecule has 0 N–H and O–H groups in total. The highest BCUT2D eigenvalue weighted by Crippen LogP contribution is 2.31. The first-order valence-corrected chi connectivity index (χ1v) is 4.38. The highest BCUT2D eigenvalue weighted by atomic mass is 19.1. The number of hydrogen-bond acceptors (Lipinski definition) is 2. The largest absolute Gasteiger partial charge is 0.495 e. The fourth-order valence-corrected chi connectivity index (χ4v) is 1.42. The van der Waals surface area contributed by atoms with Crippen molar-refractivity contribution in [1.82, 2.24) is 0 Å². The third-order valence-electron chi connectivity index (χ3n) is 2.04. The van der Waals surface area contributed by atoms with E-state index >= 15 is 0 Å². The molecule has 0 bridgehead atoms. The molecule has 1 aromatic carbocycles. The molecule has 0 radical (unpaired) electrons. The molecule has 0 amide bonds. The van der Waals surface area contributed by atoms with Crippen molar-refractivity contribution >= 4 is 0 Å². The fourth-order valence-electron chi connectivity index (χ4n) is 1.42. The van der Waals surface area contributed by atoms with Crippen LogP contribution in [0.3, 0.4) is 0 Å². The lowest BCUT2D eigenvalue weighted by molar-refractivity contribution is 0.400. The van der Waals surface area contributed by atoms with Crippen LogP contribution in [0.1, 0.15) is 30.9 Å². The van der Waals surface area contributed by atoms with Crippen LogP contribution in [-0.2, 0) is 0 Å². The molecule has 14 heavy (non-hydrogen) atoms. The summed E-state index contributed by atoms with van der Waals surface area (Å²) >= 11 is 0. The maximum atomic E-state index is 13.4. The molecule has 0 aliphatic heterocycles. The Hall–Kier alpha value is -1.56. The van der Waals surface area contributed by atoms with Gasteiger partial charge in [-0.3, -0.25) is 0 Å². The molecule has 0 aliphatic carbocycles. The van der Waals surface area contributed by atoms with Gasteiger partial charge in [-0.25, -0.2) is 4.39 Å². The third-order valence-corrected chi connectivity index (χ3v) is 2.04. The number of benzene rings is 1. The molecule has 74 valence electrons. The normalized spacial score (nSPS) is 10.0. The van der Waals surface area contributed by atoms with Crippen molar-refractivity contribution in [2.24, 2.45) is 0 Å². The van der Waals surface area contributed by atoms with E-state index in [1.807, 2.05) is 19.9 Å². The first kappa shape index (κ1) is 10.5. The van der Waals surface area contributed by atoms with Crippen molar-refractivity contribution in [3.63, 3.8) is 0 Å². The topological polar surface area (TPSA) is 33.0 Å². The van der Waals surface area contributed by atoms with Gasteiger partial charge in [0, 0.05) is 5.56 Å². The van der Waals surface area contributed by atoms with Crippen LogP contribution in [0.5, 0.6) is 5.75 Å². The minimum atomic E-state index is -0.323. The Morgan fingerprint density at radius 1 is 1.43 bits per heavy atom. The van der Waals surface area contributed by atoms with Gasteiger partial charge in [-0.05, 0) is 18.1 Å². The van der Waals surface area contributed by atoms with Crippen LogP contribution in [0, 0.1) is 17.1 Å². The summed E-state index contributed by atoms with van der Waals surface area (Å²) in [7, 11) is 1.45. The molecule has 0 spiro atoms. The molecule has 0 fully saturated rings. The minimum Gasteiger partial charge on any atom is -0.495 e. The van der Waals surface area contributed by atoms with E-state index in [9.17, 15) is 4.39 Å². The Balaban J connectivity index is 3.45. The summed E-state index contributed by atoms with van der Waals surface area (Å²) in [5.41, 5.74) is 0.837. The van der Waals surface area contributed by atoms with Crippen molar-refractivity contribution in [1.29, 1.82) is 5.26 Å². The van der Waals surface area contributed by atoms with E-state index in [0.29, 0.717) is 16.9 Å². The van der Waals surface area contributed by atoms with E-state index in [-0.39, 0.29) is 11.7 Å². The highest BCUT2D eigenvalue weighted by molar-refractivity contribution is 5.50. The highest BCUT2D eigenvalue weighted by Gasteiger charge is 2.16. The summed E-state index contributed by atoms with van der Waals surface area (Å²) in [6.07, 6.45) is 0. The zero-order chi connectivity index (χ0) is 10.7. The zero-order valence-corrected chi connectivity index (χ0v) is 8.47. The van der Waals surface area contributed by atoms with Crippen molar-refractivity contribution in [3.05, 3.63) is 29.1 Å². The smallest absolute Gasteiger partial charge is 0.142 e. The molecule has 0 aromatic heterocycles. The molecular weight excluding hydrogens is 181 g/mol. The summed E-state index contributed by atoms with van der Waals surface area (Å²) in [4.78, 5) is 0. The van der Waals surface area contributed by atoms with E-state index in [1.165, 1.54) is 19.2 Å². The lowest BCUT2D eigenvalue weighted by Crippen LogP contribution is -2.00. The van der Waals surface area contributed by atoms with Crippen molar-refractivity contribution in [2.75, 3.05) is 7.11 Å². The molecule has 0 aliphatic rings. The van der Waals surface area contributed by atoms with Crippen LogP contribution in [0.15, 0.2) is 12.1 Å². The average Bonchev–Trinajstić information content (AvgIpc) is 2.16. The first-order valence-electron chi connectivity index (χ1n) is 4.38. The van der Waals surface area contributed by atoms with Gasteiger partial charge in [0.2, 0.25) is 0 Å². The lowest BCUT2D eigenvalue weighted by Gasteiger charge is -2.13. The summed E-state index contributed by atoms with van der Waals surface area (Å²) < 4.78 is 18.5. The van der Waals surface area contributed by atoms with E-state index in [4.69, 9.17) is 10.00 Å². The van der Waals surface area contributed by atoms with Gasteiger partial charge in [-0.15, -0.1) is 0 Å². The van der Waals surface area contributed by atoms with Gasteiger partial charge in [0.05, 0.1) is 12.7 Å². The summed E-state index contributed by atoms with van der Waals surface area (Å²) in [6.45, 7) is 3.73. The van der Waals surface area contributed by atoms with Gasteiger partial charge in [-0.2, -0.15) is 5.26 Å². The first-order chi connectivity index (χ1) is 6.61. The van der Waals surface area contributed by atoms with Crippen LogP contribution < -0.4 is 4.74 Å².